The van der Waals surface area contributed by atoms with E-state index in [1.165, 1.54) is 28.0 Å². The summed E-state index contributed by atoms with van der Waals surface area (Å²) in [6.45, 7) is 2.09. The Balaban J connectivity index is 1.48. The number of halogens is 1. The Morgan fingerprint density at radius 2 is 1.65 bits per heavy atom. The lowest BCUT2D eigenvalue weighted by Gasteiger charge is -2.25. The van der Waals surface area contributed by atoms with Gasteiger partial charge in [0.15, 0.2) is 4.80 Å². The number of carbonyl (C=O) groups excluding carboxylic acids is 1. The zero-order valence-electron chi connectivity index (χ0n) is 24.6. The molecule has 1 aliphatic heterocycles. The van der Waals surface area contributed by atoms with E-state index in [2.05, 4.69) is 0 Å². The fourth-order valence-corrected chi connectivity index (χ4v) is 6.30. The second-order valence-corrected chi connectivity index (χ2v) is 11.8. The van der Waals surface area contributed by atoms with Crippen LogP contribution in [0.25, 0.3) is 11.8 Å². The van der Waals surface area contributed by atoms with Crippen LogP contribution >= 0.6 is 22.9 Å². The highest BCUT2D eigenvalue weighted by Gasteiger charge is 2.35. The van der Waals surface area contributed by atoms with Gasteiger partial charge in [-0.25, -0.2) is 14.6 Å². The van der Waals surface area contributed by atoms with Crippen LogP contribution in [-0.2, 0) is 16.1 Å². The van der Waals surface area contributed by atoms with E-state index < -0.39 is 18.0 Å². The molecule has 6 rings (SSSR count). The van der Waals surface area contributed by atoms with Gasteiger partial charge in [-0.2, -0.15) is 0 Å². The van der Waals surface area contributed by atoms with Crippen LogP contribution in [0.5, 0.6) is 5.75 Å². The smallest absolute Gasteiger partial charge is 0.338 e. The molecule has 230 valence electrons. The first-order valence-corrected chi connectivity index (χ1v) is 15.6. The van der Waals surface area contributed by atoms with Gasteiger partial charge in [-0.3, -0.25) is 9.36 Å². The van der Waals surface area contributed by atoms with Gasteiger partial charge >= 0.3 is 11.9 Å². The van der Waals surface area contributed by atoms with E-state index in [-0.39, 0.29) is 29.9 Å². The maximum Gasteiger partial charge on any atom is 0.338 e. The summed E-state index contributed by atoms with van der Waals surface area (Å²) in [5.41, 5.74) is 3.43. The summed E-state index contributed by atoms with van der Waals surface area (Å²) in [5, 5.41) is 9.70. The minimum Gasteiger partial charge on any atom is -0.488 e. The van der Waals surface area contributed by atoms with Crippen LogP contribution in [0.2, 0.25) is 5.02 Å². The summed E-state index contributed by atoms with van der Waals surface area (Å²) in [6.07, 6.45) is 1.75. The molecule has 0 unspecified atom stereocenters. The first-order valence-electron chi connectivity index (χ1n) is 14.4. The lowest BCUT2D eigenvalue weighted by Crippen LogP contribution is -2.40. The zero-order chi connectivity index (χ0) is 32.2. The van der Waals surface area contributed by atoms with Crippen molar-refractivity contribution < 1.29 is 24.2 Å². The van der Waals surface area contributed by atoms with Crippen molar-refractivity contribution in [2.45, 2.75) is 19.6 Å². The largest absolute Gasteiger partial charge is 0.488 e. The molecule has 1 aromatic heterocycles. The van der Waals surface area contributed by atoms with Crippen molar-refractivity contribution in [2.75, 3.05) is 6.61 Å². The average molecular weight is 651 g/mol. The molecule has 0 amide bonds. The zero-order valence-corrected chi connectivity index (χ0v) is 26.1. The van der Waals surface area contributed by atoms with Crippen molar-refractivity contribution >= 4 is 46.6 Å². The molecule has 0 saturated carbocycles. The Morgan fingerprint density at radius 1 is 0.957 bits per heavy atom. The predicted octanol–water partition coefficient (Wildman–Crippen LogP) is 5.87. The number of esters is 1. The van der Waals surface area contributed by atoms with E-state index in [0.29, 0.717) is 36.9 Å². The summed E-state index contributed by atoms with van der Waals surface area (Å²) in [5.74, 6) is -1.01. The molecule has 0 spiro atoms. The fraction of sp³-hybridized carbons (Fsp3) is 0.111. The minimum atomic E-state index is -0.997. The Hall–Kier alpha value is -5.25. The highest BCUT2D eigenvalue weighted by Crippen LogP contribution is 2.35. The van der Waals surface area contributed by atoms with Crippen molar-refractivity contribution in [3.8, 4) is 5.75 Å². The first-order chi connectivity index (χ1) is 22.3. The van der Waals surface area contributed by atoms with E-state index >= 15 is 0 Å². The van der Waals surface area contributed by atoms with Gasteiger partial charge in [0.2, 0.25) is 0 Å². The number of hydrogen-bond donors (Lipinski definition) is 1. The maximum atomic E-state index is 14.2. The SMILES string of the molecule is CCOC(=O)C1=C(c2ccccc2)N=c2s/c(=C\c3ccccc3OCc3ccc(C(=O)O)cc3)c(=O)n2[C@H]1c1ccc(Cl)cc1. The third-order valence-corrected chi connectivity index (χ3v) is 8.60. The van der Waals surface area contributed by atoms with Crippen LogP contribution in [0.1, 0.15) is 45.6 Å². The second-order valence-electron chi connectivity index (χ2n) is 10.3. The summed E-state index contributed by atoms with van der Waals surface area (Å²) in [4.78, 5) is 44.3. The van der Waals surface area contributed by atoms with E-state index in [1.54, 1.807) is 55.5 Å². The number of rotatable bonds is 9. The lowest BCUT2D eigenvalue weighted by molar-refractivity contribution is -0.138. The normalized spacial score (nSPS) is 14.4. The maximum absolute atomic E-state index is 14.2. The van der Waals surface area contributed by atoms with Gasteiger partial charge in [0.05, 0.1) is 34.0 Å². The van der Waals surface area contributed by atoms with Crippen LogP contribution in [0.4, 0.5) is 0 Å². The molecule has 0 fully saturated rings. The standard InChI is InChI=1S/C36H27ClN2O6S/c1-2-44-35(43)30-31(23-8-4-3-5-9-23)38-36-39(32(30)24-16-18-27(37)19-17-24)33(40)29(46-36)20-26-10-6-7-11-28(26)45-21-22-12-14-25(15-13-22)34(41)42/h3-20,32H,2,21H2,1H3,(H,41,42)/b29-20-/t32-/m0/s1. The number of carbonyl (C=O) groups is 2. The van der Waals surface area contributed by atoms with Crippen molar-refractivity contribution in [1.82, 2.24) is 4.57 Å². The van der Waals surface area contributed by atoms with Crippen LogP contribution in [0.15, 0.2) is 118 Å². The molecule has 5 aromatic rings. The summed E-state index contributed by atoms with van der Waals surface area (Å²) >= 11 is 7.44. The number of aromatic nitrogens is 1. The number of ether oxygens (including phenoxy) is 2. The van der Waals surface area contributed by atoms with Crippen LogP contribution in [-0.4, -0.2) is 28.2 Å². The number of carboxylic acid groups (broad SMARTS) is 1. The van der Waals surface area contributed by atoms with Gasteiger partial charge < -0.3 is 14.6 Å². The quantitative estimate of drug-likeness (QED) is 0.200. The Kier molecular flexibility index (Phi) is 8.96. The number of benzene rings is 4. The predicted molar refractivity (Wildman–Crippen MR) is 177 cm³/mol. The molecule has 1 aliphatic rings. The molecule has 4 aromatic carbocycles. The number of fused-ring (bicyclic) bond motifs is 1. The van der Waals surface area contributed by atoms with Crippen LogP contribution in [0, 0.1) is 0 Å². The molecular weight excluding hydrogens is 624 g/mol. The van der Waals surface area contributed by atoms with Gasteiger partial charge in [0.25, 0.3) is 5.56 Å². The number of nitrogens with zero attached hydrogens (tertiary/aromatic N) is 2. The fourth-order valence-electron chi connectivity index (χ4n) is 5.18. The molecule has 0 aliphatic carbocycles. The van der Waals surface area contributed by atoms with Crippen molar-refractivity contribution in [2.24, 2.45) is 4.99 Å². The molecule has 0 radical (unpaired) electrons. The molecule has 46 heavy (non-hydrogen) atoms. The van der Waals surface area contributed by atoms with E-state index in [0.717, 1.165) is 11.1 Å². The molecular formula is C36H27ClN2O6S. The van der Waals surface area contributed by atoms with E-state index in [4.69, 9.17) is 26.1 Å². The molecule has 8 nitrogen and oxygen atoms in total. The third-order valence-electron chi connectivity index (χ3n) is 7.36. The van der Waals surface area contributed by atoms with Gasteiger partial charge in [-0.1, -0.05) is 95.7 Å². The second kappa shape index (κ2) is 13.4. The first kappa shape index (κ1) is 30.8. The Bertz CT molecular complexity index is 2140. The van der Waals surface area contributed by atoms with Crippen molar-refractivity contribution in [1.29, 1.82) is 0 Å². The van der Waals surface area contributed by atoms with Gasteiger partial charge in [0.1, 0.15) is 12.4 Å². The molecule has 1 atom stereocenters. The molecule has 10 heteroatoms. The third kappa shape index (κ3) is 6.28. The topological polar surface area (TPSA) is 107 Å². The number of aromatic carboxylic acids is 1. The Labute approximate surface area is 272 Å². The number of thiazole rings is 1. The summed E-state index contributed by atoms with van der Waals surface area (Å²) in [6, 6.07) is 29.4. The molecule has 0 bridgehead atoms. The number of carboxylic acids is 1. The highest BCUT2D eigenvalue weighted by molar-refractivity contribution is 7.07. The van der Waals surface area contributed by atoms with Gasteiger partial charge in [0, 0.05) is 16.1 Å². The minimum absolute atomic E-state index is 0.155. The van der Waals surface area contributed by atoms with E-state index in [9.17, 15) is 19.5 Å². The van der Waals surface area contributed by atoms with Gasteiger partial charge in [-0.05, 0) is 54.5 Å². The van der Waals surface area contributed by atoms with Crippen molar-refractivity contribution in [3.05, 3.63) is 161 Å². The van der Waals surface area contributed by atoms with Crippen LogP contribution < -0.4 is 19.6 Å². The lowest BCUT2D eigenvalue weighted by atomic mass is 9.93. The van der Waals surface area contributed by atoms with E-state index in [1.807, 2.05) is 48.5 Å². The summed E-state index contributed by atoms with van der Waals surface area (Å²) < 4.78 is 13.6. The Morgan fingerprint density at radius 3 is 2.35 bits per heavy atom. The molecule has 1 N–H and O–H groups in total. The van der Waals surface area contributed by atoms with Gasteiger partial charge in [-0.15, -0.1) is 0 Å². The number of hydrogen-bond acceptors (Lipinski definition) is 7. The summed E-state index contributed by atoms with van der Waals surface area (Å²) in [7, 11) is 0. The van der Waals surface area contributed by atoms with Crippen LogP contribution in [0.3, 0.4) is 0 Å². The average Bonchev–Trinajstić information content (AvgIpc) is 3.38. The number of para-hydroxylation sites is 1. The highest BCUT2D eigenvalue weighted by atomic mass is 35.5. The van der Waals surface area contributed by atoms with Crippen molar-refractivity contribution in [3.63, 3.8) is 0 Å². The molecule has 2 heterocycles. The molecule has 0 saturated heterocycles. The monoisotopic (exact) mass is 650 g/mol.